The minimum absolute atomic E-state index is 0.0670. The molecule has 0 radical (unpaired) electrons. The van der Waals surface area contributed by atoms with Crippen molar-refractivity contribution in [2.45, 2.75) is 13.0 Å². The van der Waals surface area contributed by atoms with Crippen LogP contribution in [0.5, 0.6) is 5.75 Å². The molecule has 1 fully saturated rings. The van der Waals surface area contributed by atoms with Crippen LogP contribution in [0.1, 0.15) is 5.56 Å². The van der Waals surface area contributed by atoms with E-state index in [1.165, 1.54) is 4.70 Å². The predicted octanol–water partition coefficient (Wildman–Crippen LogP) is 3.42. The van der Waals surface area contributed by atoms with Gasteiger partial charge in [-0.1, -0.05) is 41.7 Å². The minimum atomic E-state index is -0.336. The molecule has 0 atom stereocenters. The quantitative estimate of drug-likeness (QED) is 0.657. The van der Waals surface area contributed by atoms with Gasteiger partial charge in [0.15, 0.2) is 11.7 Å². The topological polar surface area (TPSA) is 51.7 Å². The Labute approximate surface area is 149 Å². The zero-order valence-corrected chi connectivity index (χ0v) is 14.7. The molecule has 2 aromatic carbocycles. The van der Waals surface area contributed by atoms with Gasteiger partial charge in [-0.2, -0.15) is 0 Å². The number of fused-ring (bicyclic) bond motifs is 1. The number of hydrogen-bond donors (Lipinski definition) is 0. The van der Waals surface area contributed by atoms with Crippen LogP contribution in [0.4, 0.5) is 5.13 Å². The Morgan fingerprint density at radius 2 is 1.96 bits per heavy atom. The zero-order valence-electron chi connectivity index (χ0n) is 13.8. The smallest absolute Gasteiger partial charge is 0.344 e. The summed E-state index contributed by atoms with van der Waals surface area (Å²) in [6.45, 7) is 3.23. The van der Waals surface area contributed by atoms with E-state index in [-0.39, 0.29) is 18.7 Å². The number of para-hydroxylation sites is 2. The van der Waals surface area contributed by atoms with Crippen LogP contribution >= 0.6 is 11.3 Å². The van der Waals surface area contributed by atoms with Gasteiger partial charge in [-0.3, -0.25) is 0 Å². The maximum Gasteiger partial charge on any atom is 0.344 e. The molecular weight excluding hydrogens is 336 g/mol. The van der Waals surface area contributed by atoms with Crippen molar-refractivity contribution in [1.29, 1.82) is 0 Å². The second kappa shape index (κ2) is 6.72. The van der Waals surface area contributed by atoms with Gasteiger partial charge >= 0.3 is 5.97 Å². The number of anilines is 1. The molecule has 1 aliphatic heterocycles. The first-order valence-electron chi connectivity index (χ1n) is 8.17. The van der Waals surface area contributed by atoms with Gasteiger partial charge in [0, 0.05) is 0 Å². The van der Waals surface area contributed by atoms with Crippen LogP contribution < -0.4 is 9.64 Å². The van der Waals surface area contributed by atoms with E-state index in [1.807, 2.05) is 49.4 Å². The largest absolute Gasteiger partial charge is 0.482 e. The van der Waals surface area contributed by atoms with E-state index in [0.717, 1.165) is 16.2 Å². The summed E-state index contributed by atoms with van der Waals surface area (Å²) in [6.07, 6.45) is -0.0972. The zero-order chi connectivity index (χ0) is 17.2. The predicted molar refractivity (Wildman–Crippen MR) is 98.4 cm³/mol. The van der Waals surface area contributed by atoms with Crippen LogP contribution in [0, 0.1) is 6.92 Å². The van der Waals surface area contributed by atoms with Crippen LogP contribution in [0.25, 0.3) is 10.2 Å². The summed E-state index contributed by atoms with van der Waals surface area (Å²) in [6, 6.07) is 15.7. The first-order chi connectivity index (χ1) is 12.2. The number of carbonyl (C=O) groups is 1. The molecule has 6 heteroatoms. The van der Waals surface area contributed by atoms with E-state index >= 15 is 0 Å². The molecule has 128 valence electrons. The van der Waals surface area contributed by atoms with E-state index in [0.29, 0.717) is 18.8 Å². The Balaban J connectivity index is 1.26. The number of ether oxygens (including phenoxy) is 2. The summed E-state index contributed by atoms with van der Waals surface area (Å²) in [5.41, 5.74) is 2.01. The summed E-state index contributed by atoms with van der Waals surface area (Å²) in [7, 11) is 0. The summed E-state index contributed by atoms with van der Waals surface area (Å²) < 4.78 is 12.1. The molecule has 2 heterocycles. The number of benzene rings is 2. The van der Waals surface area contributed by atoms with Gasteiger partial charge in [-0.25, -0.2) is 9.78 Å². The van der Waals surface area contributed by atoms with Crippen molar-refractivity contribution < 1.29 is 14.3 Å². The van der Waals surface area contributed by atoms with Crippen LogP contribution in [0.2, 0.25) is 0 Å². The first kappa shape index (κ1) is 15.9. The Morgan fingerprint density at radius 3 is 2.76 bits per heavy atom. The third kappa shape index (κ3) is 3.44. The molecule has 0 aliphatic carbocycles. The summed E-state index contributed by atoms with van der Waals surface area (Å²) in [4.78, 5) is 18.7. The Kier molecular flexibility index (Phi) is 4.28. The van der Waals surface area contributed by atoms with Crippen LogP contribution in [-0.2, 0) is 9.53 Å². The molecule has 1 aromatic heterocycles. The number of aryl methyl sites for hydroxylation is 1. The highest BCUT2D eigenvalue weighted by atomic mass is 32.1. The lowest BCUT2D eigenvalue weighted by Crippen LogP contribution is -2.53. The molecule has 0 amide bonds. The Hall–Kier alpha value is -2.60. The van der Waals surface area contributed by atoms with E-state index in [1.54, 1.807) is 11.3 Å². The standard InChI is InChI=1S/C19H18N2O3S/c1-13-6-2-4-8-16(13)23-12-18(22)24-14-10-21(11-14)19-20-15-7-3-5-9-17(15)25-19/h2-9,14H,10-12H2,1H3. The second-order valence-electron chi connectivity index (χ2n) is 6.04. The fraction of sp³-hybridized carbons (Fsp3) is 0.263. The fourth-order valence-electron chi connectivity index (χ4n) is 2.74. The number of nitrogens with zero attached hydrogens (tertiary/aromatic N) is 2. The SMILES string of the molecule is Cc1ccccc1OCC(=O)OC1CN(c2nc3ccccc3s2)C1. The number of carbonyl (C=O) groups excluding carboxylic acids is 1. The van der Waals surface area contributed by atoms with Crippen molar-refractivity contribution >= 4 is 32.7 Å². The van der Waals surface area contributed by atoms with Crippen molar-refractivity contribution in [1.82, 2.24) is 4.98 Å². The average Bonchev–Trinajstić information content (AvgIpc) is 3.00. The van der Waals surface area contributed by atoms with Crippen molar-refractivity contribution in [3.05, 3.63) is 54.1 Å². The molecule has 0 unspecified atom stereocenters. The van der Waals surface area contributed by atoms with Crippen molar-refractivity contribution in [2.75, 3.05) is 24.6 Å². The molecule has 1 aliphatic rings. The van der Waals surface area contributed by atoms with Gasteiger partial charge in [0.1, 0.15) is 11.9 Å². The van der Waals surface area contributed by atoms with Gasteiger partial charge in [-0.15, -0.1) is 0 Å². The van der Waals surface area contributed by atoms with Gasteiger partial charge in [0.25, 0.3) is 0 Å². The maximum absolute atomic E-state index is 11.9. The average molecular weight is 354 g/mol. The molecule has 5 nitrogen and oxygen atoms in total. The molecule has 25 heavy (non-hydrogen) atoms. The van der Waals surface area contributed by atoms with Crippen molar-refractivity contribution in [2.24, 2.45) is 0 Å². The third-order valence-electron chi connectivity index (χ3n) is 4.14. The summed E-state index contributed by atoms with van der Waals surface area (Å²) in [5, 5.41) is 0.977. The van der Waals surface area contributed by atoms with Crippen molar-refractivity contribution in [3.63, 3.8) is 0 Å². The molecule has 0 N–H and O–H groups in total. The van der Waals surface area contributed by atoms with E-state index in [4.69, 9.17) is 9.47 Å². The molecule has 0 spiro atoms. The van der Waals surface area contributed by atoms with E-state index < -0.39 is 0 Å². The molecule has 1 saturated heterocycles. The lowest BCUT2D eigenvalue weighted by atomic mass is 10.2. The first-order valence-corrected chi connectivity index (χ1v) is 8.99. The number of rotatable bonds is 5. The van der Waals surface area contributed by atoms with Gasteiger partial charge in [-0.05, 0) is 30.7 Å². The van der Waals surface area contributed by atoms with E-state index in [9.17, 15) is 4.79 Å². The molecule has 0 saturated carbocycles. The number of esters is 1. The molecular formula is C19H18N2O3S. The fourth-order valence-corrected chi connectivity index (χ4v) is 3.72. The van der Waals surface area contributed by atoms with Crippen molar-refractivity contribution in [3.8, 4) is 5.75 Å². The lowest BCUT2D eigenvalue weighted by Gasteiger charge is -2.38. The van der Waals surface area contributed by atoms with Crippen LogP contribution in [-0.4, -0.2) is 36.8 Å². The number of thiazole rings is 1. The van der Waals surface area contributed by atoms with Gasteiger partial charge < -0.3 is 14.4 Å². The third-order valence-corrected chi connectivity index (χ3v) is 5.24. The van der Waals surface area contributed by atoms with E-state index in [2.05, 4.69) is 16.0 Å². The monoisotopic (exact) mass is 354 g/mol. The lowest BCUT2D eigenvalue weighted by molar-refractivity contribution is -0.152. The summed E-state index contributed by atoms with van der Waals surface area (Å²) >= 11 is 1.66. The number of hydrogen-bond acceptors (Lipinski definition) is 6. The van der Waals surface area contributed by atoms with Crippen LogP contribution in [0.3, 0.4) is 0 Å². The highest BCUT2D eigenvalue weighted by Crippen LogP contribution is 2.31. The minimum Gasteiger partial charge on any atom is -0.482 e. The molecule has 4 rings (SSSR count). The maximum atomic E-state index is 11.9. The highest BCUT2D eigenvalue weighted by Gasteiger charge is 2.32. The second-order valence-corrected chi connectivity index (χ2v) is 7.04. The van der Waals surface area contributed by atoms with Crippen LogP contribution in [0.15, 0.2) is 48.5 Å². The highest BCUT2D eigenvalue weighted by molar-refractivity contribution is 7.22. The van der Waals surface area contributed by atoms with Gasteiger partial charge in [0.05, 0.1) is 23.3 Å². The molecule has 0 bridgehead atoms. The Bertz CT molecular complexity index is 869. The molecule has 3 aromatic rings. The Morgan fingerprint density at radius 1 is 1.20 bits per heavy atom. The summed E-state index contributed by atoms with van der Waals surface area (Å²) in [5.74, 6) is 0.376. The van der Waals surface area contributed by atoms with Gasteiger partial charge in [0.2, 0.25) is 0 Å². The normalized spacial score (nSPS) is 14.4. The number of aromatic nitrogens is 1.